The van der Waals surface area contributed by atoms with E-state index in [0.717, 1.165) is 42.8 Å². The average molecular weight is 381 g/mol. The number of benzene rings is 2. The predicted octanol–water partition coefficient (Wildman–Crippen LogP) is 3.57. The second-order valence-corrected chi connectivity index (χ2v) is 6.97. The summed E-state index contributed by atoms with van der Waals surface area (Å²) in [6.07, 6.45) is 3.81. The Morgan fingerprint density at radius 1 is 0.929 bits per heavy atom. The zero-order valence-electron chi connectivity index (χ0n) is 16.2. The van der Waals surface area contributed by atoms with Gasteiger partial charge in [0.25, 0.3) is 0 Å². The monoisotopic (exact) mass is 381 g/mol. The lowest BCUT2D eigenvalue weighted by Crippen LogP contribution is -2.36. The topological polar surface area (TPSA) is 70.7 Å². The van der Waals surface area contributed by atoms with Gasteiger partial charge >= 0.3 is 6.03 Å². The molecule has 2 N–H and O–H groups in total. The van der Waals surface area contributed by atoms with Crippen LogP contribution in [0.25, 0.3) is 0 Å². The number of amides is 3. The highest BCUT2D eigenvalue weighted by Crippen LogP contribution is 2.14. The first kappa shape index (κ1) is 19.7. The third kappa shape index (κ3) is 5.74. The number of urea groups is 1. The van der Waals surface area contributed by atoms with Crippen molar-refractivity contribution in [3.05, 3.63) is 59.7 Å². The molecule has 148 valence electrons. The number of piperidine rings is 1. The van der Waals surface area contributed by atoms with Gasteiger partial charge in [0, 0.05) is 25.3 Å². The second kappa shape index (κ2) is 9.78. The number of hydrogen-bond acceptors (Lipinski definition) is 3. The van der Waals surface area contributed by atoms with Crippen LogP contribution in [0.1, 0.15) is 30.4 Å². The molecule has 1 saturated heterocycles. The normalized spacial score (nSPS) is 13.7. The summed E-state index contributed by atoms with van der Waals surface area (Å²) in [4.78, 5) is 26.3. The number of hydrogen-bond donors (Lipinski definition) is 2. The Morgan fingerprint density at radius 2 is 1.57 bits per heavy atom. The molecule has 6 nitrogen and oxygen atoms in total. The van der Waals surface area contributed by atoms with Gasteiger partial charge in [0.2, 0.25) is 5.91 Å². The zero-order valence-corrected chi connectivity index (χ0v) is 16.2. The number of anilines is 1. The summed E-state index contributed by atoms with van der Waals surface area (Å²) in [5.74, 6) is 0.963. The Labute approximate surface area is 165 Å². The van der Waals surface area contributed by atoms with E-state index in [2.05, 4.69) is 10.6 Å². The molecule has 28 heavy (non-hydrogen) atoms. The van der Waals surface area contributed by atoms with Crippen LogP contribution in [0.15, 0.2) is 48.5 Å². The molecule has 0 saturated carbocycles. The van der Waals surface area contributed by atoms with Gasteiger partial charge in [-0.3, -0.25) is 4.79 Å². The molecule has 3 rings (SSSR count). The van der Waals surface area contributed by atoms with Crippen molar-refractivity contribution in [1.29, 1.82) is 0 Å². The Bertz CT molecular complexity index is 782. The lowest BCUT2D eigenvalue weighted by atomic mass is 10.1. The summed E-state index contributed by atoms with van der Waals surface area (Å²) >= 11 is 0. The van der Waals surface area contributed by atoms with Crippen LogP contribution in [0.5, 0.6) is 5.75 Å². The van der Waals surface area contributed by atoms with Gasteiger partial charge in [-0.15, -0.1) is 0 Å². The molecule has 0 unspecified atom stereocenters. The zero-order chi connectivity index (χ0) is 19.8. The van der Waals surface area contributed by atoms with Gasteiger partial charge in [0.05, 0.1) is 13.5 Å². The van der Waals surface area contributed by atoms with Crippen LogP contribution < -0.4 is 15.4 Å². The van der Waals surface area contributed by atoms with Crippen LogP contribution in [0.3, 0.4) is 0 Å². The minimum absolute atomic E-state index is 0.178. The van der Waals surface area contributed by atoms with Gasteiger partial charge in [0.1, 0.15) is 5.75 Å². The largest absolute Gasteiger partial charge is 0.497 e. The summed E-state index contributed by atoms with van der Waals surface area (Å²) in [5.41, 5.74) is 2.64. The molecule has 6 heteroatoms. The number of nitrogens with one attached hydrogen (secondary N) is 2. The van der Waals surface area contributed by atoms with E-state index in [1.165, 1.54) is 6.42 Å². The predicted molar refractivity (Wildman–Crippen MR) is 109 cm³/mol. The molecule has 0 radical (unpaired) electrons. The fourth-order valence-electron chi connectivity index (χ4n) is 3.24. The number of nitrogens with zero attached hydrogens (tertiary/aromatic N) is 1. The fraction of sp³-hybridized carbons (Fsp3) is 0.364. The number of methoxy groups -OCH3 is 1. The lowest BCUT2D eigenvalue weighted by molar-refractivity contribution is -0.131. The molecule has 0 atom stereocenters. The molecule has 0 spiro atoms. The minimum Gasteiger partial charge on any atom is -0.497 e. The maximum absolute atomic E-state index is 12.3. The van der Waals surface area contributed by atoms with Crippen molar-refractivity contribution in [3.63, 3.8) is 0 Å². The van der Waals surface area contributed by atoms with Crippen molar-refractivity contribution in [1.82, 2.24) is 10.2 Å². The van der Waals surface area contributed by atoms with Crippen molar-refractivity contribution in [2.75, 3.05) is 25.5 Å². The first-order valence-corrected chi connectivity index (χ1v) is 9.68. The van der Waals surface area contributed by atoms with Crippen LogP contribution in [-0.4, -0.2) is 37.0 Å². The SMILES string of the molecule is COc1ccc(CNC(=O)Nc2ccc(CC(=O)N3CCCCC3)cc2)cc1. The Morgan fingerprint density at radius 3 is 2.21 bits per heavy atom. The summed E-state index contributed by atoms with van der Waals surface area (Å²) in [6.45, 7) is 2.16. The van der Waals surface area contributed by atoms with Crippen molar-refractivity contribution >= 4 is 17.6 Å². The lowest BCUT2D eigenvalue weighted by Gasteiger charge is -2.26. The van der Waals surface area contributed by atoms with Gasteiger partial charge in [-0.2, -0.15) is 0 Å². The summed E-state index contributed by atoms with van der Waals surface area (Å²) in [5, 5.41) is 5.63. The number of rotatable bonds is 6. The smallest absolute Gasteiger partial charge is 0.319 e. The molecule has 2 aromatic rings. The van der Waals surface area contributed by atoms with Gasteiger partial charge in [0.15, 0.2) is 0 Å². The van der Waals surface area contributed by atoms with Crippen molar-refractivity contribution in [3.8, 4) is 5.75 Å². The highest BCUT2D eigenvalue weighted by molar-refractivity contribution is 5.89. The number of ether oxygens (including phenoxy) is 1. The van der Waals surface area contributed by atoms with Gasteiger partial charge in [-0.25, -0.2) is 4.79 Å². The third-order valence-electron chi connectivity index (χ3n) is 4.89. The van der Waals surface area contributed by atoms with Crippen LogP contribution in [0.2, 0.25) is 0 Å². The molecule has 1 heterocycles. The highest BCUT2D eigenvalue weighted by atomic mass is 16.5. The maximum Gasteiger partial charge on any atom is 0.319 e. The highest BCUT2D eigenvalue weighted by Gasteiger charge is 2.16. The van der Waals surface area contributed by atoms with E-state index in [1.54, 1.807) is 7.11 Å². The van der Waals surface area contributed by atoms with Crippen molar-refractivity contribution < 1.29 is 14.3 Å². The van der Waals surface area contributed by atoms with Crippen molar-refractivity contribution in [2.24, 2.45) is 0 Å². The van der Waals surface area contributed by atoms with Crippen LogP contribution >= 0.6 is 0 Å². The van der Waals surface area contributed by atoms with E-state index in [9.17, 15) is 9.59 Å². The Kier molecular flexibility index (Phi) is 6.89. The number of carbonyl (C=O) groups excluding carboxylic acids is 2. The molecular formula is C22H27N3O3. The van der Waals surface area contributed by atoms with Crippen LogP contribution in [-0.2, 0) is 17.8 Å². The third-order valence-corrected chi connectivity index (χ3v) is 4.89. The van der Waals surface area contributed by atoms with E-state index >= 15 is 0 Å². The van der Waals surface area contributed by atoms with E-state index in [4.69, 9.17) is 4.74 Å². The molecule has 3 amide bonds. The van der Waals surface area contributed by atoms with Gasteiger partial charge < -0.3 is 20.3 Å². The molecule has 1 aliphatic rings. The molecule has 0 aromatic heterocycles. The van der Waals surface area contributed by atoms with E-state index in [0.29, 0.717) is 18.7 Å². The number of carbonyl (C=O) groups is 2. The van der Waals surface area contributed by atoms with Crippen LogP contribution in [0.4, 0.5) is 10.5 Å². The molecule has 0 aliphatic carbocycles. The summed E-state index contributed by atoms with van der Waals surface area (Å²) in [7, 11) is 1.62. The minimum atomic E-state index is -0.270. The molecule has 0 bridgehead atoms. The second-order valence-electron chi connectivity index (χ2n) is 6.97. The summed E-state index contributed by atoms with van der Waals surface area (Å²) in [6, 6.07) is 14.7. The quantitative estimate of drug-likeness (QED) is 0.804. The molecule has 2 aromatic carbocycles. The van der Waals surface area contributed by atoms with Crippen molar-refractivity contribution in [2.45, 2.75) is 32.2 Å². The van der Waals surface area contributed by atoms with Crippen LogP contribution in [0, 0.1) is 0 Å². The van der Waals surface area contributed by atoms with Gasteiger partial charge in [-0.05, 0) is 54.7 Å². The molecule has 1 fully saturated rings. The standard InChI is InChI=1S/C22H27N3O3/c1-28-20-11-7-18(8-12-20)16-23-22(27)24-19-9-5-17(6-10-19)15-21(26)25-13-3-2-4-14-25/h5-12H,2-4,13-16H2,1H3,(H2,23,24,27). The van der Waals surface area contributed by atoms with E-state index in [1.807, 2.05) is 53.4 Å². The average Bonchev–Trinajstić information content (AvgIpc) is 2.74. The van der Waals surface area contributed by atoms with E-state index < -0.39 is 0 Å². The molecular weight excluding hydrogens is 354 g/mol. The van der Waals surface area contributed by atoms with E-state index in [-0.39, 0.29) is 11.9 Å². The number of likely N-dealkylation sites (tertiary alicyclic amines) is 1. The Hall–Kier alpha value is -3.02. The first-order chi connectivity index (χ1) is 13.6. The first-order valence-electron chi connectivity index (χ1n) is 9.68. The Balaban J connectivity index is 1.45. The van der Waals surface area contributed by atoms with Gasteiger partial charge in [-0.1, -0.05) is 24.3 Å². The molecule has 1 aliphatic heterocycles. The summed E-state index contributed by atoms with van der Waals surface area (Å²) < 4.78 is 5.12. The fourth-order valence-corrected chi connectivity index (χ4v) is 3.24. The maximum atomic E-state index is 12.3.